The van der Waals surface area contributed by atoms with E-state index in [1.165, 1.54) is 0 Å². The molecule has 0 atom stereocenters. The summed E-state index contributed by atoms with van der Waals surface area (Å²) in [5.41, 5.74) is -0.807. The van der Waals surface area contributed by atoms with Gasteiger partial charge in [-0.25, -0.2) is 4.79 Å². The number of carbonyl (C=O) groups excluding carboxylic acids is 2. The smallest absolute Gasteiger partial charge is 0.547 e. The molecule has 24 heavy (non-hydrogen) atoms. The second kappa shape index (κ2) is 10.0. The molecule has 1 aromatic carbocycles. The van der Waals surface area contributed by atoms with Crippen molar-refractivity contribution in [2.75, 3.05) is 26.2 Å². The standard InChI is InChI=1S/C16H22N2O5.Na/c19-14(20)16(22)6-9-18(10-7-16)11-8-17-15(21)23-12-13-4-2-1-3-5-13;/h1-5,22H,6-12H2,(H,17,21)(H,19,20);/q;+1/p-1. The van der Waals surface area contributed by atoms with E-state index in [-0.39, 0.29) is 49.0 Å². The van der Waals surface area contributed by atoms with E-state index in [0.717, 1.165) is 5.56 Å². The van der Waals surface area contributed by atoms with Crippen LogP contribution in [0, 0.1) is 0 Å². The van der Waals surface area contributed by atoms with E-state index in [1.807, 2.05) is 35.2 Å². The first-order valence-corrected chi connectivity index (χ1v) is 7.60. The Morgan fingerprint density at radius 1 is 1.25 bits per heavy atom. The SMILES string of the molecule is O=C(NCCN1CCC(O)(C(=O)[O-])CC1)OCc1ccccc1.[Na+]. The normalized spacial score (nSPS) is 16.7. The Balaban J connectivity index is 0.00000288. The third kappa shape index (κ3) is 6.41. The molecule has 1 amide bonds. The first kappa shape index (κ1) is 20.9. The van der Waals surface area contributed by atoms with Gasteiger partial charge < -0.3 is 30.0 Å². The Morgan fingerprint density at radius 2 is 1.88 bits per heavy atom. The molecule has 1 fully saturated rings. The van der Waals surface area contributed by atoms with E-state index in [2.05, 4.69) is 5.32 Å². The summed E-state index contributed by atoms with van der Waals surface area (Å²) in [4.78, 5) is 24.4. The molecule has 1 aliphatic rings. The fraction of sp³-hybridized carbons (Fsp3) is 0.500. The number of carboxylic acid groups (broad SMARTS) is 1. The van der Waals surface area contributed by atoms with Crippen molar-refractivity contribution in [3.8, 4) is 0 Å². The maximum absolute atomic E-state index is 11.6. The first-order chi connectivity index (χ1) is 11.0. The van der Waals surface area contributed by atoms with Crippen molar-refractivity contribution in [1.29, 1.82) is 0 Å². The molecular formula is C16H21N2NaO5. The number of likely N-dealkylation sites (tertiary alicyclic amines) is 1. The molecule has 1 aliphatic heterocycles. The number of aliphatic carboxylic acids is 1. The van der Waals surface area contributed by atoms with Crippen LogP contribution in [-0.2, 0) is 16.1 Å². The van der Waals surface area contributed by atoms with Crippen molar-refractivity contribution < 1.29 is 54.1 Å². The number of aliphatic hydroxyl groups is 1. The average Bonchev–Trinajstić information content (AvgIpc) is 2.56. The second-order valence-corrected chi connectivity index (χ2v) is 5.65. The van der Waals surface area contributed by atoms with Crippen molar-refractivity contribution in [2.45, 2.75) is 25.0 Å². The minimum atomic E-state index is -1.72. The van der Waals surface area contributed by atoms with Crippen LogP contribution in [0.5, 0.6) is 0 Å². The van der Waals surface area contributed by atoms with Crippen molar-refractivity contribution in [3.05, 3.63) is 35.9 Å². The quantitative estimate of drug-likeness (QED) is 0.519. The third-order valence-corrected chi connectivity index (χ3v) is 3.97. The zero-order chi connectivity index (χ0) is 16.7. The Bertz CT molecular complexity index is 533. The summed E-state index contributed by atoms with van der Waals surface area (Å²) in [5.74, 6) is -1.42. The van der Waals surface area contributed by atoms with E-state index in [1.54, 1.807) is 0 Å². The van der Waals surface area contributed by atoms with Gasteiger partial charge >= 0.3 is 35.7 Å². The van der Waals surface area contributed by atoms with Gasteiger partial charge in [-0.15, -0.1) is 0 Å². The van der Waals surface area contributed by atoms with Gasteiger partial charge in [-0.05, 0) is 18.4 Å². The number of ether oxygens (including phenoxy) is 1. The monoisotopic (exact) mass is 344 g/mol. The van der Waals surface area contributed by atoms with Gasteiger partial charge in [0.15, 0.2) is 0 Å². The number of nitrogens with zero attached hydrogens (tertiary/aromatic N) is 1. The van der Waals surface area contributed by atoms with E-state index in [0.29, 0.717) is 26.2 Å². The molecule has 126 valence electrons. The number of rotatable bonds is 6. The van der Waals surface area contributed by atoms with E-state index in [4.69, 9.17) is 4.74 Å². The summed E-state index contributed by atoms with van der Waals surface area (Å²) in [6.07, 6.45) is -0.223. The van der Waals surface area contributed by atoms with Crippen LogP contribution in [0.25, 0.3) is 0 Å². The summed E-state index contributed by atoms with van der Waals surface area (Å²) in [7, 11) is 0. The number of carbonyl (C=O) groups is 2. The Labute approximate surface area is 163 Å². The van der Waals surface area contributed by atoms with Crippen LogP contribution in [0.3, 0.4) is 0 Å². The van der Waals surface area contributed by atoms with Gasteiger partial charge in [0.05, 0.1) is 5.97 Å². The van der Waals surface area contributed by atoms with E-state index in [9.17, 15) is 19.8 Å². The number of amides is 1. The Kier molecular flexibility index (Phi) is 8.72. The summed E-state index contributed by atoms with van der Waals surface area (Å²) in [5, 5.41) is 23.3. The third-order valence-electron chi connectivity index (χ3n) is 3.97. The zero-order valence-electron chi connectivity index (χ0n) is 13.9. The molecule has 0 aromatic heterocycles. The fourth-order valence-electron chi connectivity index (χ4n) is 2.44. The number of piperidine rings is 1. The summed E-state index contributed by atoms with van der Waals surface area (Å²) in [6, 6.07) is 9.39. The Hall–Kier alpha value is -1.12. The van der Waals surface area contributed by atoms with Crippen molar-refractivity contribution in [1.82, 2.24) is 10.2 Å². The molecule has 2 N–H and O–H groups in total. The average molecular weight is 344 g/mol. The van der Waals surface area contributed by atoms with Gasteiger partial charge in [0, 0.05) is 26.2 Å². The minimum absolute atomic E-state index is 0. The molecule has 1 heterocycles. The van der Waals surface area contributed by atoms with E-state index < -0.39 is 17.7 Å². The predicted molar refractivity (Wildman–Crippen MR) is 80.3 cm³/mol. The number of carboxylic acids is 1. The van der Waals surface area contributed by atoms with Crippen LogP contribution in [0.4, 0.5) is 4.79 Å². The van der Waals surface area contributed by atoms with Crippen molar-refractivity contribution in [2.24, 2.45) is 0 Å². The van der Waals surface area contributed by atoms with Gasteiger partial charge in [-0.2, -0.15) is 0 Å². The number of nitrogens with one attached hydrogen (secondary N) is 1. The maximum atomic E-state index is 11.6. The molecule has 0 saturated carbocycles. The van der Waals surface area contributed by atoms with Crippen LogP contribution in [0.2, 0.25) is 0 Å². The van der Waals surface area contributed by atoms with Crippen LogP contribution >= 0.6 is 0 Å². The molecule has 1 aromatic rings. The topological polar surface area (TPSA) is 102 Å². The van der Waals surface area contributed by atoms with Crippen LogP contribution in [-0.4, -0.2) is 53.8 Å². The Morgan fingerprint density at radius 3 is 2.46 bits per heavy atom. The number of alkyl carbamates (subject to hydrolysis) is 1. The zero-order valence-corrected chi connectivity index (χ0v) is 15.9. The molecule has 0 radical (unpaired) electrons. The summed E-state index contributed by atoms with van der Waals surface area (Å²) in [6.45, 7) is 2.09. The molecular weight excluding hydrogens is 323 g/mol. The van der Waals surface area contributed by atoms with Gasteiger partial charge in [-0.1, -0.05) is 30.3 Å². The molecule has 7 nitrogen and oxygen atoms in total. The predicted octanol–water partition coefficient (Wildman–Crippen LogP) is -3.51. The molecule has 0 bridgehead atoms. The van der Waals surface area contributed by atoms with E-state index >= 15 is 0 Å². The van der Waals surface area contributed by atoms with Crippen LogP contribution < -0.4 is 40.0 Å². The molecule has 0 unspecified atom stereocenters. The largest absolute Gasteiger partial charge is 1.00 e. The number of hydrogen-bond acceptors (Lipinski definition) is 6. The molecule has 2 rings (SSSR count). The van der Waals surface area contributed by atoms with Gasteiger partial charge in [-0.3, -0.25) is 0 Å². The number of benzene rings is 1. The van der Waals surface area contributed by atoms with Crippen LogP contribution in [0.15, 0.2) is 30.3 Å². The van der Waals surface area contributed by atoms with Gasteiger partial charge in [0.25, 0.3) is 0 Å². The van der Waals surface area contributed by atoms with Gasteiger partial charge in [0.2, 0.25) is 0 Å². The van der Waals surface area contributed by atoms with Crippen LogP contribution in [0.1, 0.15) is 18.4 Å². The molecule has 8 heteroatoms. The summed E-state index contributed by atoms with van der Waals surface area (Å²) >= 11 is 0. The number of hydrogen-bond donors (Lipinski definition) is 2. The maximum Gasteiger partial charge on any atom is 1.00 e. The van der Waals surface area contributed by atoms with Crippen molar-refractivity contribution in [3.63, 3.8) is 0 Å². The fourth-order valence-corrected chi connectivity index (χ4v) is 2.44. The molecule has 0 spiro atoms. The summed E-state index contributed by atoms with van der Waals surface area (Å²) < 4.78 is 5.09. The van der Waals surface area contributed by atoms with Crippen molar-refractivity contribution >= 4 is 12.1 Å². The minimum Gasteiger partial charge on any atom is -0.547 e. The second-order valence-electron chi connectivity index (χ2n) is 5.65. The molecule has 1 saturated heterocycles. The molecule has 0 aliphatic carbocycles. The first-order valence-electron chi connectivity index (χ1n) is 7.60. The van der Waals surface area contributed by atoms with Gasteiger partial charge in [0.1, 0.15) is 12.2 Å².